The maximum absolute atomic E-state index is 3.53. The summed E-state index contributed by atoms with van der Waals surface area (Å²) < 4.78 is 0. The number of hydrogen-bond acceptors (Lipinski definition) is 4. The fraction of sp³-hybridized carbons (Fsp3) is 0. The van der Waals surface area contributed by atoms with Crippen molar-refractivity contribution in [3.63, 3.8) is 0 Å². The molecule has 0 unspecified atom stereocenters. The first kappa shape index (κ1) is 6.39. The van der Waals surface area contributed by atoms with Crippen LogP contribution in [0.1, 0.15) is 0 Å². The van der Waals surface area contributed by atoms with Gasteiger partial charge in [-0.3, -0.25) is 10.1 Å². The van der Waals surface area contributed by atoms with Gasteiger partial charge in [0, 0.05) is 0 Å². The summed E-state index contributed by atoms with van der Waals surface area (Å²) in [5.74, 6) is 0. The second-order valence-corrected chi connectivity index (χ2v) is 0.824. The maximum Gasteiger partial charge on any atom is 0.440 e. The smallest absolute Gasteiger partial charge is 0.281 e. The van der Waals surface area contributed by atoms with E-state index in [1.54, 1.807) is 16.0 Å². The van der Waals surface area contributed by atoms with Gasteiger partial charge in [-0.25, -0.2) is 10.1 Å². The van der Waals surface area contributed by atoms with Crippen LogP contribution in [0.15, 0.2) is 20.1 Å². The van der Waals surface area contributed by atoms with Gasteiger partial charge in [-0.2, -0.15) is 0 Å². The molecule has 0 bridgehead atoms. The summed E-state index contributed by atoms with van der Waals surface area (Å²) in [7, 11) is 3.56. The molecular formula is H5B3N4. The fourth-order valence-electron chi connectivity index (χ4n) is 0.155. The molecule has 0 saturated carbocycles. The Hall–Kier alpha value is -0.605. The summed E-state index contributed by atoms with van der Waals surface area (Å²) in [4.78, 5) is 0. The van der Waals surface area contributed by atoms with Crippen molar-refractivity contribution in [2.24, 2.45) is 20.1 Å². The Morgan fingerprint density at radius 2 is 1.43 bits per heavy atom. The molecule has 0 aliphatic rings. The molecule has 0 heterocycles. The Kier molecular flexibility index (Phi) is 4.93. The monoisotopic (exact) mass is 94.1 g/mol. The molecule has 0 aromatic heterocycles. The second kappa shape index (κ2) is 5.39. The Morgan fingerprint density at radius 1 is 1.00 bits per heavy atom. The molecule has 0 rings (SSSR count). The zero-order chi connectivity index (χ0) is 5.54. The van der Waals surface area contributed by atoms with Crippen molar-refractivity contribution in [1.29, 1.82) is 0 Å². The minimum Gasteiger partial charge on any atom is -0.281 e. The van der Waals surface area contributed by atoms with E-state index in [2.05, 4.69) is 20.1 Å². The van der Waals surface area contributed by atoms with Gasteiger partial charge in [0.15, 0.2) is 0 Å². The SMILES string of the molecule is BN=NBN=NB. The maximum atomic E-state index is 3.53. The molecule has 7 heavy (non-hydrogen) atoms. The van der Waals surface area contributed by atoms with Crippen LogP contribution in [0.2, 0.25) is 0 Å². The molecule has 0 saturated heterocycles. The first-order valence-corrected chi connectivity index (χ1v) is 1.93. The lowest BCUT2D eigenvalue weighted by Crippen LogP contribution is -1.73. The molecule has 0 amide bonds. The van der Waals surface area contributed by atoms with Gasteiger partial charge in [0.2, 0.25) is 0 Å². The minimum absolute atomic E-state index is 0.354. The van der Waals surface area contributed by atoms with Crippen LogP contribution in [0.5, 0.6) is 0 Å². The van der Waals surface area contributed by atoms with Crippen molar-refractivity contribution in [2.75, 3.05) is 0 Å². The average molecular weight is 93.5 g/mol. The lowest BCUT2D eigenvalue weighted by Gasteiger charge is -1.71. The molecule has 0 aromatic carbocycles. The van der Waals surface area contributed by atoms with Crippen LogP contribution in [0, 0.1) is 0 Å². The topological polar surface area (TPSA) is 49.4 Å². The summed E-state index contributed by atoms with van der Waals surface area (Å²) in [5, 5.41) is 13.9. The van der Waals surface area contributed by atoms with E-state index in [1.807, 2.05) is 0 Å². The van der Waals surface area contributed by atoms with E-state index in [-0.39, 0.29) is 0 Å². The van der Waals surface area contributed by atoms with Crippen LogP contribution in [-0.2, 0) is 0 Å². The summed E-state index contributed by atoms with van der Waals surface area (Å²) in [6, 6.07) is 0. The Bertz CT molecular complexity index is 65.0. The van der Waals surface area contributed by atoms with Crippen molar-refractivity contribution in [1.82, 2.24) is 0 Å². The fourth-order valence-corrected chi connectivity index (χ4v) is 0.155. The molecule has 0 fully saturated rings. The van der Waals surface area contributed by atoms with Crippen LogP contribution in [0.3, 0.4) is 0 Å². The van der Waals surface area contributed by atoms with Gasteiger partial charge < -0.3 is 0 Å². The quantitative estimate of drug-likeness (QED) is 0.287. The van der Waals surface area contributed by atoms with E-state index in [1.165, 1.54) is 0 Å². The zero-order valence-corrected chi connectivity index (χ0v) is 4.50. The van der Waals surface area contributed by atoms with Crippen molar-refractivity contribution in [2.45, 2.75) is 0 Å². The third-order valence-corrected chi connectivity index (χ3v) is 0.409. The first-order chi connectivity index (χ1) is 3.41. The van der Waals surface area contributed by atoms with Crippen LogP contribution in [-0.4, -0.2) is 23.5 Å². The Morgan fingerprint density at radius 3 is 1.71 bits per heavy atom. The molecule has 0 aliphatic heterocycles. The molecular weight excluding hydrogens is 88.5 g/mol. The summed E-state index contributed by atoms with van der Waals surface area (Å²) in [6.45, 7) is 0. The highest BCUT2D eigenvalue weighted by atomic mass is 15.1. The van der Waals surface area contributed by atoms with Gasteiger partial charge in [0.1, 0.15) is 0 Å². The predicted octanol–water partition coefficient (Wildman–Crippen LogP) is -1.75. The van der Waals surface area contributed by atoms with Crippen LogP contribution in [0.4, 0.5) is 0 Å². The predicted molar refractivity (Wildman–Crippen MR) is 33.9 cm³/mol. The highest BCUT2D eigenvalue weighted by Crippen LogP contribution is 1.67. The third kappa shape index (κ3) is 5.39. The van der Waals surface area contributed by atoms with Crippen molar-refractivity contribution in [3.05, 3.63) is 0 Å². The van der Waals surface area contributed by atoms with Gasteiger partial charge in [-0.1, -0.05) is 0 Å². The Balaban J connectivity index is 2.98. The summed E-state index contributed by atoms with van der Waals surface area (Å²) in [6.07, 6.45) is 0. The first-order valence-electron chi connectivity index (χ1n) is 1.93. The largest absolute Gasteiger partial charge is 0.440 e. The highest BCUT2D eigenvalue weighted by molar-refractivity contribution is 6.31. The number of nitrogens with zero attached hydrogens (tertiary/aromatic N) is 4. The molecule has 0 N–H and O–H groups in total. The third-order valence-electron chi connectivity index (χ3n) is 0.409. The molecule has 34 valence electrons. The zero-order valence-electron chi connectivity index (χ0n) is 4.50. The number of rotatable bonds is 2. The summed E-state index contributed by atoms with van der Waals surface area (Å²) in [5.41, 5.74) is 0. The lowest BCUT2D eigenvalue weighted by molar-refractivity contribution is 1.37. The molecule has 0 spiro atoms. The van der Waals surface area contributed by atoms with E-state index in [9.17, 15) is 0 Å². The molecule has 7 heteroatoms. The van der Waals surface area contributed by atoms with E-state index in [0.29, 0.717) is 7.55 Å². The highest BCUT2D eigenvalue weighted by Gasteiger charge is 1.72. The summed E-state index contributed by atoms with van der Waals surface area (Å²) >= 11 is 0. The van der Waals surface area contributed by atoms with Crippen LogP contribution in [0.25, 0.3) is 0 Å². The van der Waals surface area contributed by atoms with Crippen LogP contribution < -0.4 is 0 Å². The van der Waals surface area contributed by atoms with Crippen molar-refractivity contribution in [3.8, 4) is 0 Å². The normalized spacial score (nSPS) is 10.9. The lowest BCUT2D eigenvalue weighted by atomic mass is 10.2. The van der Waals surface area contributed by atoms with Crippen molar-refractivity contribution < 1.29 is 0 Å². The standard InChI is InChI=1S/B3H5N4/c1-4-6-3-7-5-2/h3H,1-2H2. The van der Waals surface area contributed by atoms with Crippen LogP contribution >= 0.6 is 0 Å². The van der Waals surface area contributed by atoms with Gasteiger partial charge in [0.05, 0.1) is 0 Å². The van der Waals surface area contributed by atoms with Gasteiger partial charge in [0.25, 0.3) is 16.0 Å². The molecule has 4 nitrogen and oxygen atoms in total. The molecule has 0 atom stereocenters. The van der Waals surface area contributed by atoms with Crippen molar-refractivity contribution >= 4 is 23.5 Å². The molecule has 0 aromatic rings. The average Bonchev–Trinajstić information content (AvgIpc) is 1.69. The van der Waals surface area contributed by atoms with E-state index in [4.69, 9.17) is 0 Å². The number of hydrogen-bond donors (Lipinski definition) is 0. The van der Waals surface area contributed by atoms with E-state index >= 15 is 0 Å². The second-order valence-electron chi connectivity index (χ2n) is 0.824. The minimum atomic E-state index is 0.354. The Labute approximate surface area is 44.6 Å². The van der Waals surface area contributed by atoms with E-state index in [0.717, 1.165) is 0 Å². The van der Waals surface area contributed by atoms with Gasteiger partial charge >= 0.3 is 7.55 Å². The van der Waals surface area contributed by atoms with Gasteiger partial charge in [-0.15, -0.1) is 0 Å². The molecule has 0 aliphatic carbocycles. The van der Waals surface area contributed by atoms with Gasteiger partial charge in [-0.05, 0) is 0 Å². The van der Waals surface area contributed by atoms with E-state index < -0.39 is 0 Å². The molecule has 0 radical (unpaired) electrons.